The van der Waals surface area contributed by atoms with Crippen LogP contribution in [0.5, 0.6) is 5.88 Å². The molecule has 1 N–H and O–H groups in total. The Kier molecular flexibility index (Phi) is 5.86. The third-order valence-electron chi connectivity index (χ3n) is 5.45. The van der Waals surface area contributed by atoms with E-state index in [1.165, 1.54) is 7.11 Å². The summed E-state index contributed by atoms with van der Waals surface area (Å²) in [6, 6.07) is 9.75. The van der Waals surface area contributed by atoms with Gasteiger partial charge in [-0.05, 0) is 30.8 Å². The second kappa shape index (κ2) is 8.61. The molecule has 1 saturated heterocycles. The highest BCUT2D eigenvalue weighted by Crippen LogP contribution is 2.35. The molecule has 3 aromatic rings. The van der Waals surface area contributed by atoms with Crippen LogP contribution in [0.2, 0.25) is 0 Å². The number of pyridine rings is 2. The highest BCUT2D eigenvalue weighted by atomic mass is 32.2. The molecule has 0 amide bonds. The molecule has 1 aliphatic heterocycles. The minimum atomic E-state index is -3.50. The van der Waals surface area contributed by atoms with E-state index in [2.05, 4.69) is 37.6 Å². The number of sulfonamides is 1. The van der Waals surface area contributed by atoms with Crippen LogP contribution < -0.4 is 14.4 Å². The van der Waals surface area contributed by atoms with Crippen molar-refractivity contribution in [2.45, 2.75) is 0 Å². The number of ether oxygens (including phenoxy) is 1. The highest BCUT2D eigenvalue weighted by molar-refractivity contribution is 7.92. The minimum absolute atomic E-state index is 0.187. The third-order valence-corrected chi connectivity index (χ3v) is 6.04. The average Bonchev–Trinajstić information content (AvgIpc) is 2.77. The number of rotatable bonds is 5. The number of methoxy groups -OCH3 is 1. The molecule has 4 rings (SSSR count). The van der Waals surface area contributed by atoms with Crippen molar-refractivity contribution < 1.29 is 13.2 Å². The monoisotopic (exact) mass is 452 g/mol. The molecule has 1 aliphatic rings. The van der Waals surface area contributed by atoms with Gasteiger partial charge in [0, 0.05) is 49.5 Å². The van der Waals surface area contributed by atoms with Gasteiger partial charge in [-0.1, -0.05) is 6.07 Å². The Morgan fingerprint density at radius 3 is 2.50 bits per heavy atom. The predicted molar refractivity (Wildman–Crippen MR) is 124 cm³/mol. The normalized spacial score (nSPS) is 14.9. The van der Waals surface area contributed by atoms with Gasteiger partial charge in [-0.3, -0.25) is 9.71 Å². The number of aromatic nitrogens is 2. The summed E-state index contributed by atoms with van der Waals surface area (Å²) < 4.78 is 31.2. The van der Waals surface area contributed by atoms with Crippen LogP contribution in [0, 0.1) is 11.3 Å². The van der Waals surface area contributed by atoms with E-state index < -0.39 is 10.0 Å². The highest BCUT2D eigenvalue weighted by Gasteiger charge is 2.21. The zero-order valence-corrected chi connectivity index (χ0v) is 19.0. The predicted octanol–water partition coefficient (Wildman–Crippen LogP) is 2.30. The standard InChI is InChI=1S/C22H24N6O3S/c1-27-6-8-28(9-7-27)21-17(12-23)14-24-19-5-4-15(10-18(19)21)16-11-20(26-32(3,29)30)22(31-2)25-13-16/h4-5,10-11,13-14,26H,6-9H2,1-3H3. The molecule has 0 aliphatic carbocycles. The Labute approximate surface area is 187 Å². The molecule has 3 heterocycles. The molecule has 1 aromatic carbocycles. The summed E-state index contributed by atoms with van der Waals surface area (Å²) in [5, 5.41) is 10.6. The summed E-state index contributed by atoms with van der Waals surface area (Å²) in [6.07, 6.45) is 4.33. The van der Waals surface area contributed by atoms with Gasteiger partial charge in [0.1, 0.15) is 11.8 Å². The molecule has 2 aromatic heterocycles. The molecule has 9 nitrogen and oxygen atoms in total. The topological polar surface area (TPSA) is 111 Å². The molecule has 0 radical (unpaired) electrons. The first-order valence-electron chi connectivity index (χ1n) is 10.1. The first kappa shape index (κ1) is 21.8. The van der Waals surface area contributed by atoms with Gasteiger partial charge in [0.2, 0.25) is 15.9 Å². The van der Waals surface area contributed by atoms with Gasteiger partial charge < -0.3 is 14.5 Å². The van der Waals surface area contributed by atoms with Crippen molar-refractivity contribution >= 4 is 32.3 Å². The molecule has 0 bridgehead atoms. The van der Waals surface area contributed by atoms with Crippen LogP contribution in [-0.4, -0.2) is 69.9 Å². The lowest BCUT2D eigenvalue weighted by Gasteiger charge is -2.35. The maximum atomic E-state index is 11.8. The fourth-order valence-corrected chi connectivity index (χ4v) is 4.40. The van der Waals surface area contributed by atoms with Crippen molar-refractivity contribution in [1.29, 1.82) is 5.26 Å². The van der Waals surface area contributed by atoms with Crippen molar-refractivity contribution in [3.63, 3.8) is 0 Å². The number of nitrogens with one attached hydrogen (secondary N) is 1. The Bertz CT molecular complexity index is 1310. The van der Waals surface area contributed by atoms with Gasteiger partial charge in [0.15, 0.2) is 0 Å². The average molecular weight is 453 g/mol. The summed E-state index contributed by atoms with van der Waals surface area (Å²) in [7, 11) is 0.0160. The number of benzene rings is 1. The Hall–Kier alpha value is -3.42. The summed E-state index contributed by atoms with van der Waals surface area (Å²) in [5.74, 6) is 0.187. The SMILES string of the molecule is COc1ncc(-c2ccc3ncc(C#N)c(N4CCN(C)CC4)c3c2)cc1NS(C)(=O)=O. The number of hydrogen-bond donors (Lipinski definition) is 1. The molecular weight excluding hydrogens is 428 g/mol. The fraction of sp³-hybridized carbons (Fsp3) is 0.318. The van der Waals surface area contributed by atoms with Crippen molar-refractivity contribution in [3.8, 4) is 23.1 Å². The van der Waals surface area contributed by atoms with Crippen molar-refractivity contribution in [2.75, 3.05) is 56.2 Å². The van der Waals surface area contributed by atoms with Gasteiger partial charge >= 0.3 is 0 Å². The Morgan fingerprint density at radius 2 is 1.84 bits per heavy atom. The third kappa shape index (κ3) is 4.44. The number of nitrogens with zero attached hydrogens (tertiary/aromatic N) is 5. The van der Waals surface area contributed by atoms with E-state index in [1.807, 2.05) is 18.2 Å². The molecule has 0 atom stereocenters. The lowest BCUT2D eigenvalue weighted by molar-refractivity contribution is 0.313. The lowest BCUT2D eigenvalue weighted by Crippen LogP contribution is -2.44. The van der Waals surface area contributed by atoms with Crippen LogP contribution in [0.3, 0.4) is 0 Å². The molecular formula is C22H24N6O3S. The first-order valence-corrected chi connectivity index (χ1v) is 12.0. The Balaban J connectivity index is 1.84. The van der Waals surface area contributed by atoms with Crippen LogP contribution in [0.25, 0.3) is 22.0 Å². The van der Waals surface area contributed by atoms with Crippen LogP contribution in [0.1, 0.15) is 5.56 Å². The molecule has 1 fully saturated rings. The van der Waals surface area contributed by atoms with E-state index in [9.17, 15) is 13.7 Å². The minimum Gasteiger partial charge on any atom is -0.480 e. The summed E-state index contributed by atoms with van der Waals surface area (Å²) in [4.78, 5) is 13.2. The second-order valence-electron chi connectivity index (χ2n) is 7.81. The van der Waals surface area contributed by atoms with Crippen LogP contribution >= 0.6 is 0 Å². The summed E-state index contributed by atoms with van der Waals surface area (Å²) in [5.41, 5.74) is 4.00. The van der Waals surface area contributed by atoms with Crippen molar-refractivity contribution in [3.05, 3.63) is 42.2 Å². The number of piperazine rings is 1. The number of anilines is 2. The number of fused-ring (bicyclic) bond motifs is 1. The van der Waals surface area contributed by atoms with Crippen LogP contribution in [-0.2, 0) is 10.0 Å². The molecule has 166 valence electrons. The van der Waals surface area contributed by atoms with Crippen molar-refractivity contribution in [2.24, 2.45) is 0 Å². The van der Waals surface area contributed by atoms with Gasteiger partial charge in [-0.2, -0.15) is 5.26 Å². The zero-order chi connectivity index (χ0) is 22.9. The molecule has 0 spiro atoms. The quantitative estimate of drug-likeness (QED) is 0.628. The number of likely N-dealkylation sites (N-methyl/N-ethyl adjacent to an activating group) is 1. The van der Waals surface area contributed by atoms with E-state index in [4.69, 9.17) is 4.74 Å². The van der Waals surface area contributed by atoms with Gasteiger partial charge in [-0.15, -0.1) is 0 Å². The summed E-state index contributed by atoms with van der Waals surface area (Å²) >= 11 is 0. The van der Waals surface area contributed by atoms with E-state index >= 15 is 0 Å². The van der Waals surface area contributed by atoms with E-state index in [0.717, 1.165) is 54.6 Å². The lowest BCUT2D eigenvalue weighted by atomic mass is 10.0. The molecule has 0 saturated carbocycles. The first-order chi connectivity index (χ1) is 15.3. The van der Waals surface area contributed by atoms with E-state index in [0.29, 0.717) is 11.1 Å². The van der Waals surface area contributed by atoms with Gasteiger partial charge in [0.05, 0.1) is 30.1 Å². The second-order valence-corrected chi connectivity index (χ2v) is 9.56. The fourth-order valence-electron chi connectivity index (χ4n) is 3.86. The molecule has 0 unspecified atom stereocenters. The zero-order valence-electron chi connectivity index (χ0n) is 18.2. The molecule has 32 heavy (non-hydrogen) atoms. The van der Waals surface area contributed by atoms with Crippen molar-refractivity contribution in [1.82, 2.24) is 14.9 Å². The summed E-state index contributed by atoms with van der Waals surface area (Å²) in [6.45, 7) is 3.47. The Morgan fingerprint density at radius 1 is 1.09 bits per heavy atom. The number of nitriles is 1. The maximum Gasteiger partial charge on any atom is 0.238 e. The molecule has 10 heteroatoms. The van der Waals surface area contributed by atoms with Gasteiger partial charge in [0.25, 0.3) is 0 Å². The van der Waals surface area contributed by atoms with E-state index in [1.54, 1.807) is 18.5 Å². The maximum absolute atomic E-state index is 11.8. The number of hydrogen-bond acceptors (Lipinski definition) is 8. The van der Waals surface area contributed by atoms with Gasteiger partial charge in [-0.25, -0.2) is 13.4 Å². The van der Waals surface area contributed by atoms with Crippen LogP contribution in [0.4, 0.5) is 11.4 Å². The van der Waals surface area contributed by atoms with E-state index in [-0.39, 0.29) is 11.6 Å². The van der Waals surface area contributed by atoms with Crippen LogP contribution in [0.15, 0.2) is 36.7 Å². The smallest absolute Gasteiger partial charge is 0.238 e. The largest absolute Gasteiger partial charge is 0.480 e.